The average Bonchev–Trinajstić information content (AvgIpc) is 2.92. The van der Waals surface area contributed by atoms with Gasteiger partial charge in [-0.3, -0.25) is 9.59 Å². The first-order chi connectivity index (χ1) is 13.2. The maximum atomic E-state index is 12.1. The monoisotopic (exact) mass is 366 g/mol. The molecule has 0 spiro atoms. The fourth-order valence-corrected chi connectivity index (χ4v) is 3.28. The van der Waals surface area contributed by atoms with E-state index in [2.05, 4.69) is 10.6 Å². The average molecular weight is 366 g/mol. The standard InChI is InChI=1S/C22H26N2O3/c25-21(23-17-8-4-1-2-5-9-17)16-22(26)24-18-12-14-20(15-13-18)27-19-10-6-3-7-11-19/h3,6-7,10-15,17H,1-2,4-5,8-9,16H2,(H,23,25)(H,24,26). The lowest BCUT2D eigenvalue weighted by Crippen LogP contribution is -2.36. The zero-order valence-electron chi connectivity index (χ0n) is 15.4. The van der Waals surface area contributed by atoms with Crippen LogP contribution in [0.3, 0.4) is 0 Å². The van der Waals surface area contributed by atoms with Crippen LogP contribution < -0.4 is 15.4 Å². The summed E-state index contributed by atoms with van der Waals surface area (Å²) in [5.74, 6) is 0.927. The van der Waals surface area contributed by atoms with E-state index in [1.54, 1.807) is 24.3 Å². The van der Waals surface area contributed by atoms with E-state index in [4.69, 9.17) is 4.74 Å². The fourth-order valence-electron chi connectivity index (χ4n) is 3.28. The molecule has 2 amide bonds. The van der Waals surface area contributed by atoms with Crippen molar-refractivity contribution in [2.45, 2.75) is 51.0 Å². The number of hydrogen-bond donors (Lipinski definition) is 2. The molecule has 1 aliphatic carbocycles. The minimum Gasteiger partial charge on any atom is -0.457 e. The third-order valence-electron chi connectivity index (χ3n) is 4.66. The Balaban J connectivity index is 1.45. The molecule has 142 valence electrons. The number of amides is 2. The van der Waals surface area contributed by atoms with Gasteiger partial charge in [-0.1, -0.05) is 43.9 Å². The molecule has 0 radical (unpaired) electrons. The summed E-state index contributed by atoms with van der Waals surface area (Å²) >= 11 is 0. The minimum atomic E-state index is -0.308. The van der Waals surface area contributed by atoms with Crippen LogP contribution in [0.4, 0.5) is 5.69 Å². The SMILES string of the molecule is O=C(CC(=O)NC1CCCCCC1)Nc1ccc(Oc2ccccc2)cc1. The van der Waals surface area contributed by atoms with Crippen molar-refractivity contribution < 1.29 is 14.3 Å². The number of hydrogen-bond acceptors (Lipinski definition) is 3. The number of para-hydroxylation sites is 1. The molecular weight excluding hydrogens is 340 g/mol. The van der Waals surface area contributed by atoms with Gasteiger partial charge in [-0.25, -0.2) is 0 Å². The highest BCUT2D eigenvalue weighted by atomic mass is 16.5. The number of ether oxygens (including phenoxy) is 1. The van der Waals surface area contributed by atoms with Crippen LogP contribution in [0.25, 0.3) is 0 Å². The topological polar surface area (TPSA) is 67.4 Å². The molecule has 0 saturated heterocycles. The van der Waals surface area contributed by atoms with E-state index in [9.17, 15) is 9.59 Å². The molecule has 0 atom stereocenters. The Hall–Kier alpha value is -2.82. The number of benzene rings is 2. The molecule has 1 aliphatic rings. The Morgan fingerprint density at radius 1 is 0.815 bits per heavy atom. The van der Waals surface area contributed by atoms with Crippen molar-refractivity contribution in [1.82, 2.24) is 5.32 Å². The summed E-state index contributed by atoms with van der Waals surface area (Å²) in [4.78, 5) is 24.2. The molecule has 5 nitrogen and oxygen atoms in total. The van der Waals surface area contributed by atoms with Crippen LogP contribution in [0.15, 0.2) is 54.6 Å². The number of carbonyl (C=O) groups is 2. The van der Waals surface area contributed by atoms with Gasteiger partial charge in [-0.05, 0) is 49.2 Å². The predicted molar refractivity (Wildman–Crippen MR) is 106 cm³/mol. The van der Waals surface area contributed by atoms with Crippen molar-refractivity contribution in [2.75, 3.05) is 5.32 Å². The van der Waals surface area contributed by atoms with Crippen molar-refractivity contribution in [2.24, 2.45) is 0 Å². The van der Waals surface area contributed by atoms with E-state index in [1.807, 2.05) is 30.3 Å². The van der Waals surface area contributed by atoms with Crippen LogP contribution in [0.2, 0.25) is 0 Å². The van der Waals surface area contributed by atoms with E-state index >= 15 is 0 Å². The van der Waals surface area contributed by atoms with Gasteiger partial charge in [-0.2, -0.15) is 0 Å². The van der Waals surface area contributed by atoms with Gasteiger partial charge in [0.25, 0.3) is 0 Å². The largest absolute Gasteiger partial charge is 0.457 e. The van der Waals surface area contributed by atoms with Gasteiger partial charge in [0.15, 0.2) is 0 Å². The number of rotatable bonds is 6. The molecule has 1 saturated carbocycles. The highest BCUT2D eigenvalue weighted by Gasteiger charge is 2.16. The van der Waals surface area contributed by atoms with Crippen LogP contribution in [0, 0.1) is 0 Å². The first-order valence-corrected chi connectivity index (χ1v) is 9.61. The lowest BCUT2D eigenvalue weighted by molar-refractivity contribution is -0.127. The molecule has 0 aromatic heterocycles. The van der Waals surface area contributed by atoms with E-state index in [-0.39, 0.29) is 24.3 Å². The molecule has 0 bridgehead atoms. The summed E-state index contributed by atoms with van der Waals surface area (Å²) in [5, 5.41) is 5.75. The number of nitrogens with one attached hydrogen (secondary N) is 2. The Morgan fingerprint density at radius 2 is 1.44 bits per heavy atom. The minimum absolute atomic E-state index is 0.154. The third kappa shape index (κ3) is 6.44. The Labute approximate surface area is 160 Å². The molecule has 0 aliphatic heterocycles. The fraction of sp³-hybridized carbons (Fsp3) is 0.364. The van der Waals surface area contributed by atoms with Crippen LogP contribution >= 0.6 is 0 Å². The van der Waals surface area contributed by atoms with E-state index in [0.717, 1.165) is 31.4 Å². The highest BCUT2D eigenvalue weighted by molar-refractivity contribution is 6.03. The summed E-state index contributed by atoms with van der Waals surface area (Å²) < 4.78 is 5.72. The van der Waals surface area contributed by atoms with Gasteiger partial charge in [0, 0.05) is 11.7 Å². The van der Waals surface area contributed by atoms with Gasteiger partial charge >= 0.3 is 0 Å². The highest BCUT2D eigenvalue weighted by Crippen LogP contribution is 2.22. The maximum absolute atomic E-state index is 12.1. The zero-order valence-corrected chi connectivity index (χ0v) is 15.4. The second-order valence-electron chi connectivity index (χ2n) is 6.92. The van der Waals surface area contributed by atoms with Crippen molar-refractivity contribution in [3.8, 4) is 11.5 Å². The summed E-state index contributed by atoms with van der Waals surface area (Å²) in [7, 11) is 0. The molecule has 2 N–H and O–H groups in total. The lowest BCUT2D eigenvalue weighted by atomic mass is 10.1. The summed E-state index contributed by atoms with van der Waals surface area (Å²) in [6.07, 6.45) is 6.63. The molecule has 27 heavy (non-hydrogen) atoms. The van der Waals surface area contributed by atoms with Gasteiger partial charge in [0.05, 0.1) is 0 Å². The third-order valence-corrected chi connectivity index (χ3v) is 4.66. The predicted octanol–water partition coefficient (Wildman–Crippen LogP) is 4.65. The first kappa shape index (κ1) is 19.0. The smallest absolute Gasteiger partial charge is 0.233 e. The van der Waals surface area contributed by atoms with Gasteiger partial charge in [0.2, 0.25) is 11.8 Å². The van der Waals surface area contributed by atoms with E-state index in [1.165, 1.54) is 12.8 Å². The van der Waals surface area contributed by atoms with E-state index in [0.29, 0.717) is 11.4 Å². The second kappa shape index (κ2) is 9.76. The summed E-state index contributed by atoms with van der Waals surface area (Å²) in [6, 6.07) is 16.8. The van der Waals surface area contributed by atoms with Gasteiger partial charge in [-0.15, -0.1) is 0 Å². The van der Waals surface area contributed by atoms with Crippen molar-refractivity contribution >= 4 is 17.5 Å². The van der Waals surface area contributed by atoms with Gasteiger partial charge < -0.3 is 15.4 Å². The normalized spacial score (nSPS) is 14.8. The molecule has 2 aromatic carbocycles. The Morgan fingerprint density at radius 3 is 2.11 bits per heavy atom. The number of carbonyl (C=O) groups excluding carboxylic acids is 2. The Kier molecular flexibility index (Phi) is 6.85. The molecule has 1 fully saturated rings. The molecule has 2 aromatic rings. The quantitative estimate of drug-likeness (QED) is 0.578. The molecule has 3 rings (SSSR count). The van der Waals surface area contributed by atoms with Crippen LogP contribution in [0.5, 0.6) is 11.5 Å². The van der Waals surface area contributed by atoms with Gasteiger partial charge in [0.1, 0.15) is 17.9 Å². The van der Waals surface area contributed by atoms with Crippen molar-refractivity contribution in [1.29, 1.82) is 0 Å². The zero-order chi connectivity index (χ0) is 18.9. The number of anilines is 1. The molecule has 0 heterocycles. The molecule has 0 unspecified atom stereocenters. The first-order valence-electron chi connectivity index (χ1n) is 9.61. The maximum Gasteiger partial charge on any atom is 0.233 e. The van der Waals surface area contributed by atoms with E-state index < -0.39 is 0 Å². The van der Waals surface area contributed by atoms with Crippen LogP contribution in [-0.2, 0) is 9.59 Å². The van der Waals surface area contributed by atoms with Crippen molar-refractivity contribution in [3.63, 3.8) is 0 Å². The van der Waals surface area contributed by atoms with Crippen LogP contribution in [-0.4, -0.2) is 17.9 Å². The summed E-state index contributed by atoms with van der Waals surface area (Å²) in [6.45, 7) is 0. The van der Waals surface area contributed by atoms with Crippen LogP contribution in [0.1, 0.15) is 44.9 Å². The Bertz CT molecular complexity index is 736. The molecule has 5 heteroatoms. The lowest BCUT2D eigenvalue weighted by Gasteiger charge is -2.16. The molecular formula is C22H26N2O3. The summed E-state index contributed by atoms with van der Waals surface area (Å²) in [5.41, 5.74) is 0.641. The van der Waals surface area contributed by atoms with Crippen molar-refractivity contribution in [3.05, 3.63) is 54.6 Å². The second-order valence-corrected chi connectivity index (χ2v) is 6.92.